The van der Waals surface area contributed by atoms with Gasteiger partial charge in [0, 0.05) is 17.0 Å². The summed E-state index contributed by atoms with van der Waals surface area (Å²) in [5.74, 6) is 2.16. The molecule has 0 unspecified atom stereocenters. The summed E-state index contributed by atoms with van der Waals surface area (Å²) >= 11 is 1.47. The van der Waals surface area contributed by atoms with E-state index in [2.05, 4.69) is 22.2 Å². The highest BCUT2D eigenvalue weighted by atomic mass is 32.1. The number of benzene rings is 1. The summed E-state index contributed by atoms with van der Waals surface area (Å²) in [5.41, 5.74) is 1.73. The van der Waals surface area contributed by atoms with Crippen LogP contribution in [0.15, 0.2) is 36.0 Å². The number of ether oxygens (including phenoxy) is 1. The molecular weight excluding hydrogens is 401 g/mol. The van der Waals surface area contributed by atoms with Gasteiger partial charge < -0.3 is 10.1 Å². The molecule has 0 aliphatic heterocycles. The molecule has 5 nitrogen and oxygen atoms in total. The number of carbonyl (C=O) groups is 1. The lowest BCUT2D eigenvalue weighted by Crippen LogP contribution is -2.42. The molecule has 1 amide bonds. The van der Waals surface area contributed by atoms with Gasteiger partial charge in [0.25, 0.3) is 5.91 Å². The van der Waals surface area contributed by atoms with E-state index < -0.39 is 0 Å². The molecule has 0 radical (unpaired) electrons. The summed E-state index contributed by atoms with van der Waals surface area (Å²) in [6.45, 7) is 2.02. The van der Waals surface area contributed by atoms with Crippen LogP contribution in [0.25, 0.3) is 21.3 Å². The summed E-state index contributed by atoms with van der Waals surface area (Å²) in [4.78, 5) is 21.9. The first-order valence-corrected chi connectivity index (χ1v) is 11.4. The summed E-state index contributed by atoms with van der Waals surface area (Å²) in [5, 5.41) is 5.83. The first-order valence-electron chi connectivity index (χ1n) is 10.5. The predicted octanol–water partition coefficient (Wildman–Crippen LogP) is 4.82. The van der Waals surface area contributed by atoms with Crippen LogP contribution < -0.4 is 10.1 Å². The Labute approximate surface area is 178 Å². The van der Waals surface area contributed by atoms with Gasteiger partial charge in [0.2, 0.25) is 5.88 Å². The van der Waals surface area contributed by atoms with Gasteiger partial charge in [-0.05, 0) is 61.6 Å². The van der Waals surface area contributed by atoms with Crippen molar-refractivity contribution in [3.05, 3.63) is 41.8 Å². The second kappa shape index (κ2) is 7.95. The quantitative estimate of drug-likeness (QED) is 0.615. The van der Waals surface area contributed by atoms with Gasteiger partial charge in [0.15, 0.2) is 6.61 Å². The number of thiophene rings is 1. The molecule has 1 aromatic carbocycles. The second-order valence-electron chi connectivity index (χ2n) is 8.50. The number of halogens is 1. The predicted molar refractivity (Wildman–Crippen MR) is 115 cm³/mol. The van der Waals surface area contributed by atoms with E-state index in [9.17, 15) is 9.18 Å². The molecule has 2 fully saturated rings. The summed E-state index contributed by atoms with van der Waals surface area (Å²) in [6, 6.07) is 6.45. The molecule has 2 heterocycles. The molecule has 0 saturated heterocycles. The average Bonchev–Trinajstić information content (AvgIpc) is 3.48. The van der Waals surface area contributed by atoms with Crippen molar-refractivity contribution in [2.24, 2.45) is 17.8 Å². The second-order valence-corrected chi connectivity index (χ2v) is 9.36. The number of hydrogen-bond donors (Lipinski definition) is 1. The highest BCUT2D eigenvalue weighted by molar-refractivity contribution is 7.17. The molecule has 2 aliphatic carbocycles. The lowest BCUT2D eigenvalue weighted by Gasteiger charge is -2.28. The average molecular weight is 426 g/mol. The van der Waals surface area contributed by atoms with Crippen molar-refractivity contribution in [2.75, 3.05) is 6.61 Å². The number of amides is 1. The number of fused-ring (bicyclic) bond motifs is 3. The van der Waals surface area contributed by atoms with Gasteiger partial charge in [-0.25, -0.2) is 14.4 Å². The van der Waals surface area contributed by atoms with Gasteiger partial charge in [-0.3, -0.25) is 4.79 Å². The lowest BCUT2D eigenvalue weighted by molar-refractivity contribution is -0.124. The van der Waals surface area contributed by atoms with Crippen molar-refractivity contribution in [3.63, 3.8) is 0 Å². The molecule has 2 bridgehead atoms. The van der Waals surface area contributed by atoms with Crippen LogP contribution in [-0.4, -0.2) is 28.5 Å². The van der Waals surface area contributed by atoms with E-state index in [1.807, 2.05) is 5.38 Å². The Morgan fingerprint density at radius 3 is 2.83 bits per heavy atom. The maximum Gasteiger partial charge on any atom is 0.258 e. The van der Waals surface area contributed by atoms with Gasteiger partial charge in [-0.2, -0.15) is 0 Å². The minimum atomic E-state index is -0.285. The topological polar surface area (TPSA) is 64.1 Å². The Morgan fingerprint density at radius 1 is 1.27 bits per heavy atom. The van der Waals surface area contributed by atoms with Gasteiger partial charge >= 0.3 is 0 Å². The zero-order valence-corrected chi connectivity index (χ0v) is 17.6. The molecule has 2 saturated carbocycles. The van der Waals surface area contributed by atoms with Crippen LogP contribution in [0.1, 0.15) is 32.6 Å². The number of aromatic nitrogens is 2. The monoisotopic (exact) mass is 425 g/mol. The first-order chi connectivity index (χ1) is 14.6. The van der Waals surface area contributed by atoms with E-state index in [0.29, 0.717) is 11.8 Å². The number of nitrogens with one attached hydrogen (secondary N) is 1. The standard InChI is InChI=1S/C23H24FN3O2S/c1-13(18-9-14-2-3-16(18)8-14)27-20(28)10-29-22-21-19(11-30-23(21)26-12-25-22)15-4-6-17(24)7-5-15/h4-7,11-14,16,18H,2-3,8-10H2,1H3,(H,27,28)/t13-,14-,16-,18+/m0/s1. The lowest BCUT2D eigenvalue weighted by atomic mass is 9.84. The zero-order chi connectivity index (χ0) is 20.7. The molecule has 5 rings (SSSR count). The Balaban J connectivity index is 1.29. The third-order valence-electron chi connectivity index (χ3n) is 6.65. The number of carbonyl (C=O) groups excluding carboxylic acids is 1. The largest absolute Gasteiger partial charge is 0.467 e. The fourth-order valence-corrected chi connectivity index (χ4v) is 6.15. The van der Waals surface area contributed by atoms with Crippen LogP contribution in [0.3, 0.4) is 0 Å². The first kappa shape index (κ1) is 19.4. The fraction of sp³-hybridized carbons (Fsp3) is 0.435. The minimum absolute atomic E-state index is 0.0873. The van der Waals surface area contributed by atoms with E-state index in [4.69, 9.17) is 4.74 Å². The molecule has 2 aromatic heterocycles. The SMILES string of the molecule is C[C@H](NC(=O)COc1ncnc2scc(-c3ccc(F)cc3)c12)[C@H]1C[C@H]2CC[C@H]1C2. The smallest absolute Gasteiger partial charge is 0.258 e. The van der Waals surface area contributed by atoms with E-state index in [0.717, 1.165) is 33.2 Å². The van der Waals surface area contributed by atoms with Crippen LogP contribution in [0.2, 0.25) is 0 Å². The number of rotatable bonds is 6. The Bertz CT molecular complexity index is 1070. The van der Waals surface area contributed by atoms with E-state index in [-0.39, 0.29) is 24.4 Å². The van der Waals surface area contributed by atoms with Crippen molar-refractivity contribution < 1.29 is 13.9 Å². The van der Waals surface area contributed by atoms with E-state index in [1.54, 1.807) is 12.1 Å². The van der Waals surface area contributed by atoms with Gasteiger partial charge in [0.05, 0.1) is 5.39 Å². The summed E-state index contributed by atoms with van der Waals surface area (Å²) < 4.78 is 19.1. The minimum Gasteiger partial charge on any atom is -0.467 e. The number of nitrogens with zero attached hydrogens (tertiary/aromatic N) is 2. The van der Waals surface area contributed by atoms with E-state index in [1.165, 1.54) is 55.5 Å². The molecule has 4 atom stereocenters. The van der Waals surface area contributed by atoms with Gasteiger partial charge in [-0.1, -0.05) is 18.6 Å². The normalized spacial score (nSPS) is 23.6. The maximum atomic E-state index is 13.3. The molecular formula is C23H24FN3O2S. The third-order valence-corrected chi connectivity index (χ3v) is 7.54. The molecule has 7 heteroatoms. The van der Waals surface area contributed by atoms with Gasteiger partial charge in [-0.15, -0.1) is 11.3 Å². The van der Waals surface area contributed by atoms with Crippen LogP contribution in [0.4, 0.5) is 4.39 Å². The summed E-state index contributed by atoms with van der Waals surface area (Å²) in [6.07, 6.45) is 6.65. The van der Waals surface area contributed by atoms with Crippen molar-refractivity contribution in [3.8, 4) is 17.0 Å². The fourth-order valence-electron chi connectivity index (χ4n) is 5.24. The van der Waals surface area contributed by atoms with Crippen molar-refractivity contribution in [1.82, 2.24) is 15.3 Å². The molecule has 0 spiro atoms. The molecule has 156 valence electrons. The van der Waals surface area contributed by atoms with Gasteiger partial charge in [0.1, 0.15) is 17.0 Å². The highest BCUT2D eigenvalue weighted by Gasteiger charge is 2.42. The van der Waals surface area contributed by atoms with Crippen LogP contribution in [-0.2, 0) is 4.79 Å². The Morgan fingerprint density at radius 2 is 2.10 bits per heavy atom. The van der Waals surface area contributed by atoms with Crippen molar-refractivity contribution in [1.29, 1.82) is 0 Å². The van der Waals surface area contributed by atoms with Crippen LogP contribution in [0, 0.1) is 23.6 Å². The summed E-state index contributed by atoms with van der Waals surface area (Å²) in [7, 11) is 0. The molecule has 2 aliphatic rings. The molecule has 30 heavy (non-hydrogen) atoms. The Hall–Kier alpha value is -2.54. The maximum absolute atomic E-state index is 13.3. The van der Waals surface area contributed by atoms with Crippen molar-refractivity contribution >= 4 is 27.5 Å². The molecule has 1 N–H and O–H groups in total. The van der Waals surface area contributed by atoms with Crippen LogP contribution >= 0.6 is 11.3 Å². The van der Waals surface area contributed by atoms with Crippen molar-refractivity contribution in [2.45, 2.75) is 38.6 Å². The van der Waals surface area contributed by atoms with Crippen LogP contribution in [0.5, 0.6) is 5.88 Å². The highest BCUT2D eigenvalue weighted by Crippen LogP contribution is 2.49. The van der Waals surface area contributed by atoms with E-state index >= 15 is 0 Å². The zero-order valence-electron chi connectivity index (χ0n) is 16.8. The number of hydrogen-bond acceptors (Lipinski definition) is 5. The third kappa shape index (κ3) is 3.67. The Kier molecular flexibility index (Phi) is 5.15. The molecule has 3 aromatic rings.